The maximum Gasteiger partial charge on any atom is 0.311 e. The van der Waals surface area contributed by atoms with Gasteiger partial charge in [0.1, 0.15) is 0 Å². The monoisotopic (exact) mass is 181 g/mol. The summed E-state index contributed by atoms with van der Waals surface area (Å²) in [6.45, 7) is 3.57. The Morgan fingerprint density at radius 2 is 2.15 bits per heavy atom. The van der Waals surface area contributed by atoms with Crippen molar-refractivity contribution in [3.63, 3.8) is 0 Å². The average Bonchev–Trinajstić information content (AvgIpc) is 2.09. The summed E-state index contributed by atoms with van der Waals surface area (Å²) in [5.41, 5.74) is 1.20. The van der Waals surface area contributed by atoms with E-state index in [1.807, 2.05) is 6.92 Å². The van der Waals surface area contributed by atoms with E-state index >= 15 is 0 Å². The zero-order valence-corrected chi connectivity index (χ0v) is 7.57. The Morgan fingerprint density at radius 1 is 1.54 bits per heavy atom. The highest BCUT2D eigenvalue weighted by Gasteiger charge is 2.15. The lowest BCUT2D eigenvalue weighted by atomic mass is 10.1. The Balaban J connectivity index is 3.33. The van der Waals surface area contributed by atoms with Crippen molar-refractivity contribution < 1.29 is 10.0 Å². The van der Waals surface area contributed by atoms with Crippen LogP contribution in [0.2, 0.25) is 0 Å². The van der Waals surface area contributed by atoms with E-state index < -0.39 is 4.92 Å². The first-order valence-corrected chi connectivity index (χ1v) is 4.03. The van der Waals surface area contributed by atoms with Crippen LogP contribution >= 0.6 is 0 Å². The minimum Gasteiger partial charge on any atom is -0.502 e. The van der Waals surface area contributed by atoms with Crippen LogP contribution in [0, 0.1) is 17.0 Å². The third-order valence-corrected chi connectivity index (χ3v) is 1.95. The molecular weight excluding hydrogens is 170 g/mol. The Hall–Kier alpha value is -1.58. The molecule has 13 heavy (non-hydrogen) atoms. The second-order valence-corrected chi connectivity index (χ2v) is 2.89. The van der Waals surface area contributed by atoms with Gasteiger partial charge in [-0.25, -0.2) is 0 Å². The number of phenolic OH excluding ortho intramolecular Hbond substituents is 1. The summed E-state index contributed by atoms with van der Waals surface area (Å²) in [4.78, 5) is 9.92. The number of nitro benzene ring substituents is 1. The summed E-state index contributed by atoms with van der Waals surface area (Å²) in [5, 5.41) is 19.8. The molecule has 70 valence electrons. The van der Waals surface area contributed by atoms with Gasteiger partial charge in [-0.15, -0.1) is 0 Å². The zero-order valence-electron chi connectivity index (χ0n) is 7.57. The third-order valence-electron chi connectivity index (χ3n) is 1.95. The quantitative estimate of drug-likeness (QED) is 0.561. The summed E-state index contributed by atoms with van der Waals surface area (Å²) >= 11 is 0. The Labute approximate surface area is 76.0 Å². The highest BCUT2D eigenvalue weighted by Crippen LogP contribution is 2.30. The molecule has 0 aliphatic rings. The number of hydrogen-bond acceptors (Lipinski definition) is 3. The van der Waals surface area contributed by atoms with Crippen molar-refractivity contribution in [1.29, 1.82) is 0 Å². The predicted octanol–water partition coefficient (Wildman–Crippen LogP) is 2.17. The molecule has 0 saturated carbocycles. The van der Waals surface area contributed by atoms with Gasteiger partial charge in [0.25, 0.3) is 0 Å². The lowest BCUT2D eigenvalue weighted by Gasteiger charge is -2.02. The lowest BCUT2D eigenvalue weighted by Crippen LogP contribution is -1.92. The standard InChI is InChI=1S/C9H11NO3/c1-3-7-4-6(2)9(11)8(5-7)10(12)13/h4-5,11H,3H2,1-2H3. The van der Waals surface area contributed by atoms with Crippen LogP contribution in [0.1, 0.15) is 18.1 Å². The van der Waals surface area contributed by atoms with Gasteiger partial charge in [0.15, 0.2) is 5.75 Å². The van der Waals surface area contributed by atoms with Gasteiger partial charge < -0.3 is 5.11 Å². The molecule has 0 aliphatic heterocycles. The van der Waals surface area contributed by atoms with Gasteiger partial charge in [-0.2, -0.15) is 0 Å². The van der Waals surface area contributed by atoms with E-state index in [1.165, 1.54) is 6.07 Å². The molecule has 0 saturated heterocycles. The maximum atomic E-state index is 10.5. The molecule has 0 spiro atoms. The highest BCUT2D eigenvalue weighted by atomic mass is 16.6. The summed E-state index contributed by atoms with van der Waals surface area (Å²) in [7, 11) is 0. The van der Waals surface area contributed by atoms with Crippen LogP contribution in [0.15, 0.2) is 12.1 Å². The second kappa shape index (κ2) is 3.43. The molecule has 1 aromatic carbocycles. The fourth-order valence-electron chi connectivity index (χ4n) is 1.18. The van der Waals surface area contributed by atoms with Crippen molar-refractivity contribution in [3.05, 3.63) is 33.4 Å². The Morgan fingerprint density at radius 3 is 2.62 bits per heavy atom. The van der Waals surface area contributed by atoms with Gasteiger partial charge in [0.2, 0.25) is 0 Å². The fourth-order valence-corrected chi connectivity index (χ4v) is 1.18. The number of aromatic hydroxyl groups is 1. The van der Waals surface area contributed by atoms with Gasteiger partial charge in [-0.1, -0.05) is 13.0 Å². The smallest absolute Gasteiger partial charge is 0.311 e. The Kier molecular flexibility index (Phi) is 2.51. The van der Waals surface area contributed by atoms with Crippen molar-refractivity contribution in [2.45, 2.75) is 20.3 Å². The lowest BCUT2D eigenvalue weighted by molar-refractivity contribution is -0.386. The molecular formula is C9H11NO3. The molecule has 1 rings (SSSR count). The molecule has 0 radical (unpaired) electrons. The molecule has 0 bridgehead atoms. The van der Waals surface area contributed by atoms with Crippen molar-refractivity contribution in [1.82, 2.24) is 0 Å². The minimum atomic E-state index is -0.568. The van der Waals surface area contributed by atoms with Crippen LogP contribution < -0.4 is 0 Å². The molecule has 0 heterocycles. The van der Waals surface area contributed by atoms with Crippen LogP contribution in [-0.4, -0.2) is 10.0 Å². The van der Waals surface area contributed by atoms with Crippen molar-refractivity contribution in [2.75, 3.05) is 0 Å². The van der Waals surface area contributed by atoms with E-state index in [9.17, 15) is 15.2 Å². The summed E-state index contributed by atoms with van der Waals surface area (Å²) < 4.78 is 0. The summed E-state index contributed by atoms with van der Waals surface area (Å²) in [5.74, 6) is -0.234. The molecule has 0 fully saturated rings. The van der Waals surface area contributed by atoms with E-state index in [-0.39, 0.29) is 11.4 Å². The van der Waals surface area contributed by atoms with Crippen molar-refractivity contribution in [2.24, 2.45) is 0 Å². The maximum absolute atomic E-state index is 10.5. The number of aryl methyl sites for hydroxylation is 2. The van der Waals surface area contributed by atoms with E-state index in [1.54, 1.807) is 13.0 Å². The molecule has 0 amide bonds. The van der Waals surface area contributed by atoms with Gasteiger partial charge in [-0.3, -0.25) is 10.1 Å². The van der Waals surface area contributed by atoms with Crippen molar-refractivity contribution >= 4 is 5.69 Å². The number of phenols is 1. The largest absolute Gasteiger partial charge is 0.502 e. The number of nitro groups is 1. The molecule has 0 unspecified atom stereocenters. The first-order chi connectivity index (χ1) is 6.06. The molecule has 1 N–H and O–H groups in total. The summed E-state index contributed by atoms with van der Waals surface area (Å²) in [6, 6.07) is 3.16. The van der Waals surface area contributed by atoms with Crippen molar-refractivity contribution in [3.8, 4) is 5.75 Å². The third kappa shape index (κ3) is 1.77. The normalized spacial score (nSPS) is 10.0. The topological polar surface area (TPSA) is 63.4 Å². The summed E-state index contributed by atoms with van der Waals surface area (Å²) in [6.07, 6.45) is 0.724. The Bertz CT molecular complexity index is 347. The number of rotatable bonds is 2. The van der Waals surface area contributed by atoms with Crippen LogP contribution in [0.3, 0.4) is 0 Å². The number of nitrogens with zero attached hydrogens (tertiary/aromatic N) is 1. The first kappa shape index (κ1) is 9.51. The number of benzene rings is 1. The molecule has 0 aromatic heterocycles. The average molecular weight is 181 g/mol. The molecule has 0 atom stereocenters. The van der Waals surface area contributed by atoms with E-state index in [0.717, 1.165) is 12.0 Å². The van der Waals surface area contributed by atoms with Crippen LogP contribution in [0.5, 0.6) is 5.75 Å². The van der Waals surface area contributed by atoms with Gasteiger partial charge >= 0.3 is 5.69 Å². The number of hydrogen-bond donors (Lipinski definition) is 1. The molecule has 4 nitrogen and oxygen atoms in total. The highest BCUT2D eigenvalue weighted by molar-refractivity contribution is 5.52. The fraction of sp³-hybridized carbons (Fsp3) is 0.333. The van der Waals surface area contributed by atoms with Gasteiger partial charge in [0, 0.05) is 6.07 Å². The predicted molar refractivity (Wildman–Crippen MR) is 48.9 cm³/mol. The molecule has 0 aliphatic carbocycles. The van der Waals surface area contributed by atoms with E-state index in [0.29, 0.717) is 5.56 Å². The SMILES string of the molecule is CCc1cc(C)c(O)c([N+](=O)[O-])c1. The van der Waals surface area contributed by atoms with E-state index in [2.05, 4.69) is 0 Å². The molecule has 1 aromatic rings. The van der Waals surface area contributed by atoms with Crippen LogP contribution in [0.25, 0.3) is 0 Å². The minimum absolute atomic E-state index is 0.211. The second-order valence-electron chi connectivity index (χ2n) is 2.89. The zero-order chi connectivity index (χ0) is 10.0. The van der Waals surface area contributed by atoms with Crippen LogP contribution in [-0.2, 0) is 6.42 Å². The first-order valence-electron chi connectivity index (χ1n) is 4.03. The van der Waals surface area contributed by atoms with Crippen LogP contribution in [0.4, 0.5) is 5.69 Å². The van der Waals surface area contributed by atoms with Gasteiger partial charge in [-0.05, 0) is 24.5 Å². The van der Waals surface area contributed by atoms with E-state index in [4.69, 9.17) is 0 Å². The molecule has 4 heteroatoms. The van der Waals surface area contributed by atoms with Gasteiger partial charge in [0.05, 0.1) is 4.92 Å².